The number of aryl methyl sites for hydroxylation is 1. The van der Waals surface area contributed by atoms with Crippen molar-refractivity contribution in [2.75, 3.05) is 63.9 Å². The first-order chi connectivity index (χ1) is 24.5. The minimum atomic E-state index is -5.08. The number of hydrogen-bond donors (Lipinski definition) is 2. The lowest BCUT2D eigenvalue weighted by Crippen LogP contribution is -2.52. The highest BCUT2D eigenvalue weighted by Gasteiger charge is 2.39. The fourth-order valence-electron chi connectivity index (χ4n) is 5.12. The maximum absolute atomic E-state index is 12.8. The Morgan fingerprint density at radius 1 is 0.846 bits per heavy atom. The predicted octanol–water partition coefficient (Wildman–Crippen LogP) is 2.92. The molecule has 0 aliphatic carbocycles. The van der Waals surface area contributed by atoms with Gasteiger partial charge in [0.2, 0.25) is 5.91 Å². The number of piperazine rings is 1. The molecule has 2 saturated heterocycles. The maximum atomic E-state index is 12.8. The van der Waals surface area contributed by atoms with E-state index in [-0.39, 0.29) is 5.91 Å². The molecule has 15 nitrogen and oxygen atoms in total. The maximum Gasteiger partial charge on any atom is 0.490 e. The van der Waals surface area contributed by atoms with Gasteiger partial charge >= 0.3 is 24.3 Å². The van der Waals surface area contributed by atoms with Crippen molar-refractivity contribution in [1.29, 1.82) is 5.26 Å². The summed E-state index contributed by atoms with van der Waals surface area (Å²) < 4.78 is 72.4. The molecular weight excluding hydrogens is 708 g/mol. The number of morpholine rings is 1. The molecule has 2 aliphatic rings. The fraction of sp³-hybridized carbons (Fsp3) is 0.387. The molecule has 0 spiro atoms. The van der Waals surface area contributed by atoms with E-state index in [1.807, 2.05) is 48.9 Å². The number of pyridine rings is 2. The molecule has 0 unspecified atom stereocenters. The van der Waals surface area contributed by atoms with Crippen molar-refractivity contribution in [3.8, 4) is 28.3 Å². The van der Waals surface area contributed by atoms with E-state index in [0.717, 1.165) is 59.8 Å². The van der Waals surface area contributed by atoms with Crippen molar-refractivity contribution in [3.05, 3.63) is 54.7 Å². The molecule has 0 saturated carbocycles. The van der Waals surface area contributed by atoms with Crippen LogP contribution in [0.1, 0.15) is 5.56 Å². The molecule has 0 atom stereocenters. The van der Waals surface area contributed by atoms with E-state index in [2.05, 4.69) is 32.1 Å². The van der Waals surface area contributed by atoms with Crippen LogP contribution in [0.15, 0.2) is 49.2 Å². The van der Waals surface area contributed by atoms with Gasteiger partial charge in [-0.05, 0) is 18.2 Å². The molecule has 0 radical (unpaired) electrons. The number of ether oxygens (including phenoxy) is 1. The summed E-state index contributed by atoms with van der Waals surface area (Å²) in [5, 5.41) is 32.6. The molecule has 2 fully saturated rings. The van der Waals surface area contributed by atoms with Crippen LogP contribution in [0.25, 0.3) is 27.8 Å². The molecule has 2 aliphatic heterocycles. The number of carbonyl (C=O) groups excluding carboxylic acids is 1. The van der Waals surface area contributed by atoms with Crippen LogP contribution in [0.4, 0.5) is 32.2 Å². The number of alkyl halides is 6. The number of aromatic nitrogens is 5. The van der Waals surface area contributed by atoms with Gasteiger partial charge in [0.1, 0.15) is 11.9 Å². The van der Waals surface area contributed by atoms with Gasteiger partial charge in [0.15, 0.2) is 0 Å². The second-order valence-electron chi connectivity index (χ2n) is 11.3. The molecule has 4 aromatic rings. The Bertz CT molecular complexity index is 1880. The first kappa shape index (κ1) is 39.0. The van der Waals surface area contributed by atoms with E-state index in [9.17, 15) is 36.4 Å². The van der Waals surface area contributed by atoms with Gasteiger partial charge in [-0.2, -0.15) is 41.8 Å². The SMILES string of the molecule is Cn1cc(-c2cc(-c3ccc(N4CCN(C(=O)CN5CCOCC5)CC4)nc3)c3c(C#N)cnn3c2)cn1.O=C(O)C(F)(F)F.O=C(O)C(F)(F)F. The summed E-state index contributed by atoms with van der Waals surface area (Å²) in [5.74, 6) is -4.45. The van der Waals surface area contributed by atoms with E-state index >= 15 is 0 Å². The lowest BCUT2D eigenvalue weighted by atomic mass is 10.0. The van der Waals surface area contributed by atoms with E-state index in [1.165, 1.54) is 0 Å². The van der Waals surface area contributed by atoms with Crippen LogP contribution in [-0.4, -0.2) is 134 Å². The Kier molecular flexibility index (Phi) is 12.4. The predicted molar refractivity (Wildman–Crippen MR) is 169 cm³/mol. The zero-order valence-corrected chi connectivity index (χ0v) is 27.3. The van der Waals surface area contributed by atoms with Gasteiger partial charge in [0.25, 0.3) is 0 Å². The monoisotopic (exact) mass is 739 g/mol. The first-order valence-electron chi connectivity index (χ1n) is 15.3. The molecular formula is C31H31F6N9O6. The number of fused-ring (bicyclic) bond motifs is 1. The molecule has 2 N–H and O–H groups in total. The summed E-state index contributed by atoms with van der Waals surface area (Å²) in [6, 6.07) is 8.36. The van der Waals surface area contributed by atoms with Gasteiger partial charge in [-0.3, -0.25) is 14.4 Å². The summed E-state index contributed by atoms with van der Waals surface area (Å²) in [7, 11) is 1.88. The highest BCUT2D eigenvalue weighted by Crippen LogP contribution is 2.32. The molecule has 1 amide bonds. The minimum Gasteiger partial charge on any atom is -0.475 e. The van der Waals surface area contributed by atoms with Crippen LogP contribution in [0.2, 0.25) is 0 Å². The average Bonchev–Trinajstić information content (AvgIpc) is 3.74. The van der Waals surface area contributed by atoms with Crippen LogP contribution < -0.4 is 4.90 Å². The molecule has 278 valence electrons. The minimum absolute atomic E-state index is 0.182. The molecule has 0 bridgehead atoms. The molecule has 4 aromatic heterocycles. The van der Waals surface area contributed by atoms with Crippen molar-refractivity contribution in [2.45, 2.75) is 12.4 Å². The largest absolute Gasteiger partial charge is 0.490 e. The van der Waals surface area contributed by atoms with Crippen LogP contribution in [0.3, 0.4) is 0 Å². The molecule has 0 aromatic carbocycles. The van der Waals surface area contributed by atoms with E-state index < -0.39 is 24.3 Å². The number of nitrogens with zero attached hydrogens (tertiary/aromatic N) is 9. The van der Waals surface area contributed by atoms with Gasteiger partial charge in [-0.15, -0.1) is 0 Å². The third-order valence-corrected chi connectivity index (χ3v) is 7.73. The van der Waals surface area contributed by atoms with E-state index in [1.54, 1.807) is 15.4 Å². The van der Waals surface area contributed by atoms with E-state index in [4.69, 9.17) is 29.5 Å². The standard InChI is InChI=1S/C27H29N9O2.2C2HF3O2/c1-32-17-23(16-30-32)21-12-24(27-22(13-28)15-31-36(27)18-21)20-2-3-25(29-14-20)34-4-6-35(7-5-34)26(37)19-33-8-10-38-11-9-33;2*3-2(4,5)1(6)7/h2-3,12,14-18H,4-11,19H2,1H3;2*(H,6,7). The lowest BCUT2D eigenvalue weighted by Gasteiger charge is -2.36. The fourth-order valence-corrected chi connectivity index (χ4v) is 5.12. The smallest absolute Gasteiger partial charge is 0.475 e. The van der Waals surface area contributed by atoms with Crippen molar-refractivity contribution < 1.29 is 55.7 Å². The molecule has 21 heteroatoms. The lowest BCUT2D eigenvalue weighted by molar-refractivity contribution is -0.193. The van der Waals surface area contributed by atoms with Crippen molar-refractivity contribution >= 4 is 29.2 Å². The zero-order chi connectivity index (χ0) is 38.2. The Morgan fingerprint density at radius 3 is 1.96 bits per heavy atom. The van der Waals surface area contributed by atoms with Crippen molar-refractivity contribution in [1.82, 2.24) is 34.2 Å². The van der Waals surface area contributed by atoms with Gasteiger partial charge in [-0.1, -0.05) is 0 Å². The number of hydrogen-bond acceptors (Lipinski definition) is 10. The summed E-state index contributed by atoms with van der Waals surface area (Å²) in [4.78, 5) is 41.6. The number of carboxylic acid groups (broad SMARTS) is 2. The van der Waals surface area contributed by atoms with Crippen molar-refractivity contribution in [2.24, 2.45) is 7.05 Å². The third-order valence-electron chi connectivity index (χ3n) is 7.73. The number of anilines is 1. The quantitative estimate of drug-likeness (QED) is 0.286. The molecule has 6 rings (SSSR count). The average molecular weight is 740 g/mol. The topological polar surface area (TPSA) is 182 Å². The van der Waals surface area contributed by atoms with Crippen LogP contribution in [-0.2, 0) is 26.2 Å². The van der Waals surface area contributed by atoms with Crippen LogP contribution in [0, 0.1) is 11.3 Å². The number of halogens is 6. The number of amides is 1. The Labute approximate surface area is 290 Å². The Morgan fingerprint density at radius 2 is 1.46 bits per heavy atom. The van der Waals surface area contributed by atoms with Gasteiger partial charge in [-0.25, -0.2) is 19.1 Å². The van der Waals surface area contributed by atoms with Gasteiger partial charge < -0.3 is 24.7 Å². The highest BCUT2D eigenvalue weighted by molar-refractivity contribution is 5.87. The summed E-state index contributed by atoms with van der Waals surface area (Å²) in [6.45, 7) is 6.32. The number of rotatable bonds is 5. The third kappa shape index (κ3) is 10.2. The number of nitriles is 1. The Hall–Kier alpha value is -5.75. The summed E-state index contributed by atoms with van der Waals surface area (Å²) in [6.07, 6.45) is -1.05. The molecule has 52 heavy (non-hydrogen) atoms. The van der Waals surface area contributed by atoms with Crippen LogP contribution in [0.5, 0.6) is 0 Å². The second-order valence-corrected chi connectivity index (χ2v) is 11.3. The van der Waals surface area contributed by atoms with Gasteiger partial charge in [0, 0.05) is 87.2 Å². The second kappa shape index (κ2) is 16.5. The molecule has 6 heterocycles. The van der Waals surface area contributed by atoms with Crippen molar-refractivity contribution in [3.63, 3.8) is 0 Å². The van der Waals surface area contributed by atoms with Crippen LogP contribution >= 0.6 is 0 Å². The number of carbonyl (C=O) groups is 3. The highest BCUT2D eigenvalue weighted by atomic mass is 19.4. The first-order valence-corrected chi connectivity index (χ1v) is 15.3. The Balaban J connectivity index is 0.000000367. The summed E-state index contributed by atoms with van der Waals surface area (Å²) >= 11 is 0. The normalized spacial score (nSPS) is 15.2. The van der Waals surface area contributed by atoms with Gasteiger partial charge in [0.05, 0.1) is 43.2 Å². The van der Waals surface area contributed by atoms with E-state index in [0.29, 0.717) is 38.4 Å². The summed E-state index contributed by atoms with van der Waals surface area (Å²) in [5.41, 5.74) is 4.98. The number of carboxylic acids is 2. The zero-order valence-electron chi connectivity index (χ0n) is 27.3. The number of aliphatic carboxylic acids is 2.